The number of sulfone groups is 1. The minimum Gasteiger partial charge on any atom is -0.452 e. The van der Waals surface area contributed by atoms with E-state index in [0.29, 0.717) is 11.5 Å². The third kappa shape index (κ3) is 5.29. The van der Waals surface area contributed by atoms with E-state index in [4.69, 9.17) is 4.74 Å². The fourth-order valence-corrected chi connectivity index (χ4v) is 3.69. The van der Waals surface area contributed by atoms with Crippen molar-refractivity contribution in [3.8, 4) is 0 Å². The van der Waals surface area contributed by atoms with E-state index in [0.717, 1.165) is 25.5 Å². The van der Waals surface area contributed by atoms with Crippen molar-refractivity contribution in [1.82, 2.24) is 5.32 Å². The third-order valence-electron chi connectivity index (χ3n) is 4.65. The second kappa shape index (κ2) is 7.99. The number of esters is 1. The molecule has 1 aliphatic carbocycles. The molecule has 7 heteroatoms. The monoisotopic (exact) mass is 367 g/mol. The van der Waals surface area contributed by atoms with E-state index >= 15 is 0 Å². The first-order chi connectivity index (χ1) is 11.7. The lowest BCUT2D eigenvalue weighted by Crippen LogP contribution is -2.42. The van der Waals surface area contributed by atoms with Gasteiger partial charge in [-0.1, -0.05) is 25.8 Å². The highest BCUT2D eigenvalue weighted by molar-refractivity contribution is 7.90. The van der Waals surface area contributed by atoms with Crippen molar-refractivity contribution in [1.29, 1.82) is 0 Å². The van der Waals surface area contributed by atoms with Crippen LogP contribution in [0.3, 0.4) is 0 Å². The fraction of sp³-hybridized carbons (Fsp3) is 0.556. The lowest BCUT2D eigenvalue weighted by molar-refractivity contribution is -0.125. The lowest BCUT2D eigenvalue weighted by Gasteiger charge is -2.29. The standard InChI is InChI=1S/C18H25NO5S/c1-12-8-9-14(25(3,22)23)10-15(12)18(21)24-11-17(20)19-16-7-5-4-6-13(16)2/h8-10,13,16H,4-7,11H2,1-3H3,(H,19,20)/t13-,16+/m1/s1. The van der Waals surface area contributed by atoms with Crippen molar-refractivity contribution >= 4 is 21.7 Å². The largest absolute Gasteiger partial charge is 0.452 e. The number of hydrogen-bond donors (Lipinski definition) is 1. The first-order valence-corrected chi connectivity index (χ1v) is 10.3. The molecule has 1 N–H and O–H groups in total. The topological polar surface area (TPSA) is 89.5 Å². The van der Waals surface area contributed by atoms with Crippen LogP contribution in [0, 0.1) is 12.8 Å². The van der Waals surface area contributed by atoms with Gasteiger partial charge in [0.1, 0.15) is 0 Å². The maximum Gasteiger partial charge on any atom is 0.338 e. The number of hydrogen-bond acceptors (Lipinski definition) is 5. The number of ether oxygens (including phenoxy) is 1. The summed E-state index contributed by atoms with van der Waals surface area (Å²) in [5.41, 5.74) is 0.750. The van der Waals surface area contributed by atoms with Crippen molar-refractivity contribution in [2.24, 2.45) is 5.92 Å². The molecule has 0 aliphatic heterocycles. The predicted octanol–water partition coefficient (Wildman–Crippen LogP) is 2.25. The molecule has 0 aromatic heterocycles. The van der Waals surface area contributed by atoms with Crippen molar-refractivity contribution in [3.63, 3.8) is 0 Å². The van der Waals surface area contributed by atoms with Gasteiger partial charge in [-0.05, 0) is 43.4 Å². The van der Waals surface area contributed by atoms with Gasteiger partial charge in [-0.2, -0.15) is 0 Å². The van der Waals surface area contributed by atoms with Crippen LogP contribution >= 0.6 is 0 Å². The number of carbonyl (C=O) groups excluding carboxylic acids is 2. The summed E-state index contributed by atoms with van der Waals surface area (Å²) in [6.45, 7) is 3.42. The van der Waals surface area contributed by atoms with Gasteiger partial charge in [-0.25, -0.2) is 13.2 Å². The third-order valence-corrected chi connectivity index (χ3v) is 5.76. The van der Waals surface area contributed by atoms with Crippen LogP contribution in [-0.2, 0) is 19.4 Å². The number of carbonyl (C=O) groups is 2. The van der Waals surface area contributed by atoms with Crippen molar-refractivity contribution in [2.45, 2.75) is 50.5 Å². The molecule has 0 heterocycles. The molecule has 1 aliphatic rings. The molecule has 2 atom stereocenters. The Morgan fingerprint density at radius 2 is 1.92 bits per heavy atom. The van der Waals surface area contributed by atoms with E-state index < -0.39 is 15.8 Å². The Balaban J connectivity index is 1.97. The van der Waals surface area contributed by atoms with Crippen molar-refractivity contribution in [2.75, 3.05) is 12.9 Å². The molecular formula is C18H25NO5S. The molecule has 0 radical (unpaired) electrons. The second-order valence-corrected chi connectivity index (χ2v) is 8.78. The van der Waals surface area contributed by atoms with Gasteiger partial charge in [-0.3, -0.25) is 4.79 Å². The van der Waals surface area contributed by atoms with Crippen LogP contribution in [-0.4, -0.2) is 39.2 Å². The minimum atomic E-state index is -3.42. The van der Waals surface area contributed by atoms with E-state index in [2.05, 4.69) is 12.2 Å². The van der Waals surface area contributed by atoms with Gasteiger partial charge >= 0.3 is 5.97 Å². The van der Waals surface area contributed by atoms with E-state index in [9.17, 15) is 18.0 Å². The molecule has 0 saturated heterocycles. The molecule has 0 spiro atoms. The Hall–Kier alpha value is -1.89. The van der Waals surface area contributed by atoms with Gasteiger partial charge in [0.2, 0.25) is 0 Å². The van der Waals surface area contributed by atoms with Gasteiger partial charge in [0.15, 0.2) is 16.4 Å². The normalized spacial score (nSPS) is 20.8. The summed E-state index contributed by atoms with van der Waals surface area (Å²) in [5, 5.41) is 2.91. The Kier molecular flexibility index (Phi) is 6.21. The molecular weight excluding hydrogens is 342 g/mol. The summed E-state index contributed by atoms with van der Waals surface area (Å²) < 4.78 is 28.3. The zero-order valence-electron chi connectivity index (χ0n) is 14.9. The Bertz CT molecular complexity index is 757. The van der Waals surface area contributed by atoms with E-state index in [1.807, 2.05) is 0 Å². The van der Waals surface area contributed by atoms with Crippen LogP contribution in [0.15, 0.2) is 23.1 Å². The van der Waals surface area contributed by atoms with E-state index in [-0.39, 0.29) is 29.0 Å². The molecule has 138 valence electrons. The molecule has 0 bridgehead atoms. The van der Waals surface area contributed by atoms with Crippen molar-refractivity contribution in [3.05, 3.63) is 29.3 Å². The molecule has 1 aromatic carbocycles. The number of rotatable bonds is 5. The molecule has 1 aromatic rings. The smallest absolute Gasteiger partial charge is 0.338 e. The van der Waals surface area contributed by atoms with Crippen LogP contribution in [0.2, 0.25) is 0 Å². The molecule has 1 saturated carbocycles. The predicted molar refractivity (Wildman–Crippen MR) is 94.1 cm³/mol. The average Bonchev–Trinajstić information content (AvgIpc) is 2.54. The summed E-state index contributed by atoms with van der Waals surface area (Å²) in [6.07, 6.45) is 5.37. The lowest BCUT2D eigenvalue weighted by atomic mass is 9.86. The van der Waals surface area contributed by atoms with Gasteiger partial charge in [0, 0.05) is 12.3 Å². The average molecular weight is 367 g/mol. The molecule has 1 fully saturated rings. The van der Waals surface area contributed by atoms with Gasteiger partial charge in [0.25, 0.3) is 5.91 Å². The van der Waals surface area contributed by atoms with Gasteiger partial charge < -0.3 is 10.1 Å². The van der Waals surface area contributed by atoms with Crippen LogP contribution in [0.5, 0.6) is 0 Å². The van der Waals surface area contributed by atoms with Crippen LogP contribution in [0.4, 0.5) is 0 Å². The Morgan fingerprint density at radius 3 is 2.56 bits per heavy atom. The van der Waals surface area contributed by atoms with Gasteiger partial charge in [0.05, 0.1) is 10.5 Å². The molecule has 2 rings (SSSR count). The summed E-state index contributed by atoms with van der Waals surface area (Å²) in [6, 6.07) is 4.40. The Morgan fingerprint density at radius 1 is 1.24 bits per heavy atom. The molecule has 1 amide bonds. The van der Waals surface area contributed by atoms with Crippen LogP contribution in [0.25, 0.3) is 0 Å². The first-order valence-electron chi connectivity index (χ1n) is 8.45. The first kappa shape index (κ1) is 19.4. The highest BCUT2D eigenvalue weighted by Gasteiger charge is 2.23. The maximum absolute atomic E-state index is 12.2. The fourth-order valence-electron chi connectivity index (χ4n) is 3.04. The summed E-state index contributed by atoms with van der Waals surface area (Å²) in [4.78, 5) is 24.3. The summed E-state index contributed by atoms with van der Waals surface area (Å²) in [5.74, 6) is -0.610. The second-order valence-electron chi connectivity index (χ2n) is 6.76. The molecule has 25 heavy (non-hydrogen) atoms. The Labute approximate surface area is 148 Å². The molecule has 6 nitrogen and oxygen atoms in total. The highest BCUT2D eigenvalue weighted by atomic mass is 32.2. The van der Waals surface area contributed by atoms with Crippen molar-refractivity contribution < 1.29 is 22.7 Å². The number of amides is 1. The summed E-state index contributed by atoms with van der Waals surface area (Å²) >= 11 is 0. The highest BCUT2D eigenvalue weighted by Crippen LogP contribution is 2.23. The van der Waals surface area contributed by atoms with Crippen LogP contribution < -0.4 is 5.32 Å². The number of benzene rings is 1. The summed E-state index contributed by atoms with van der Waals surface area (Å²) in [7, 11) is -3.42. The van der Waals surface area contributed by atoms with Gasteiger partial charge in [-0.15, -0.1) is 0 Å². The van der Waals surface area contributed by atoms with Crippen LogP contribution in [0.1, 0.15) is 48.5 Å². The molecule has 0 unspecified atom stereocenters. The van der Waals surface area contributed by atoms with E-state index in [1.54, 1.807) is 13.0 Å². The minimum absolute atomic E-state index is 0.0468. The maximum atomic E-state index is 12.2. The SMILES string of the molecule is Cc1ccc(S(C)(=O)=O)cc1C(=O)OCC(=O)N[C@H]1CCCC[C@H]1C. The quantitative estimate of drug-likeness (QED) is 0.806. The van der Waals surface area contributed by atoms with E-state index in [1.165, 1.54) is 18.6 Å². The number of nitrogens with one attached hydrogen (secondary N) is 1. The zero-order chi connectivity index (χ0) is 18.6. The number of aryl methyl sites for hydroxylation is 1. The zero-order valence-corrected chi connectivity index (χ0v) is 15.7.